The van der Waals surface area contributed by atoms with Crippen LogP contribution in [-0.2, 0) is 0 Å². The highest BCUT2D eigenvalue weighted by molar-refractivity contribution is 9.10. The van der Waals surface area contributed by atoms with Crippen molar-refractivity contribution in [2.24, 2.45) is 5.92 Å². The lowest BCUT2D eigenvalue weighted by Gasteiger charge is -2.21. The molecule has 0 aliphatic carbocycles. The molecule has 0 saturated carbocycles. The molecule has 5 heteroatoms. The first kappa shape index (κ1) is 12.5. The number of anilines is 1. The fourth-order valence-electron chi connectivity index (χ4n) is 1.56. The Morgan fingerprint density at radius 1 is 1.29 bits per heavy atom. The van der Waals surface area contributed by atoms with Crippen LogP contribution in [0.25, 0.3) is 0 Å². The first-order valence-electron chi connectivity index (χ1n) is 5.44. The fraction of sp³-hybridized carbons (Fsp3) is 0.333. The number of nitrogens with one attached hydrogen (secondary N) is 1. The average Bonchev–Trinajstić information content (AvgIpc) is 2.81. The van der Waals surface area contributed by atoms with Gasteiger partial charge < -0.3 is 5.32 Å². The molecule has 2 heterocycles. The summed E-state index contributed by atoms with van der Waals surface area (Å²) in [7, 11) is 0. The SMILES string of the molecule is CC(C)C(Nc1ncc(Br)cn1)c1cccs1. The van der Waals surface area contributed by atoms with E-state index in [1.807, 2.05) is 0 Å². The van der Waals surface area contributed by atoms with E-state index >= 15 is 0 Å². The van der Waals surface area contributed by atoms with Crippen LogP contribution in [0.3, 0.4) is 0 Å². The van der Waals surface area contributed by atoms with E-state index in [1.54, 1.807) is 23.7 Å². The molecule has 0 fully saturated rings. The summed E-state index contributed by atoms with van der Waals surface area (Å²) in [4.78, 5) is 9.80. The first-order chi connectivity index (χ1) is 8.16. The molecule has 0 spiro atoms. The Labute approximate surface area is 113 Å². The first-order valence-corrected chi connectivity index (χ1v) is 7.11. The molecule has 2 rings (SSSR count). The molecule has 1 unspecified atom stereocenters. The Hall–Kier alpha value is -0.940. The molecule has 0 aliphatic rings. The molecule has 0 saturated heterocycles. The normalized spacial score (nSPS) is 12.7. The number of halogens is 1. The second kappa shape index (κ2) is 5.60. The van der Waals surface area contributed by atoms with Crippen LogP contribution in [0.5, 0.6) is 0 Å². The van der Waals surface area contributed by atoms with Gasteiger partial charge in [-0.25, -0.2) is 9.97 Å². The van der Waals surface area contributed by atoms with Crippen LogP contribution in [0.15, 0.2) is 34.4 Å². The predicted molar refractivity (Wildman–Crippen MR) is 75.3 cm³/mol. The maximum Gasteiger partial charge on any atom is 0.223 e. The van der Waals surface area contributed by atoms with Crippen molar-refractivity contribution >= 4 is 33.2 Å². The summed E-state index contributed by atoms with van der Waals surface area (Å²) >= 11 is 5.08. The van der Waals surface area contributed by atoms with E-state index in [0.717, 1.165) is 4.47 Å². The minimum absolute atomic E-state index is 0.260. The van der Waals surface area contributed by atoms with Gasteiger partial charge in [0.2, 0.25) is 5.95 Å². The van der Waals surface area contributed by atoms with Gasteiger partial charge >= 0.3 is 0 Å². The molecule has 0 aliphatic heterocycles. The van der Waals surface area contributed by atoms with Gasteiger partial charge in [0.15, 0.2) is 0 Å². The van der Waals surface area contributed by atoms with Gasteiger partial charge in [-0.3, -0.25) is 0 Å². The summed E-state index contributed by atoms with van der Waals surface area (Å²) in [5, 5.41) is 5.47. The number of aromatic nitrogens is 2. The molecule has 2 aromatic rings. The minimum atomic E-state index is 0.260. The van der Waals surface area contributed by atoms with Crippen molar-refractivity contribution in [1.82, 2.24) is 9.97 Å². The standard InChI is InChI=1S/C12H14BrN3S/c1-8(2)11(10-4-3-5-17-10)16-12-14-6-9(13)7-15-12/h3-8,11H,1-2H3,(H,14,15,16). The van der Waals surface area contributed by atoms with Crippen LogP contribution in [0.2, 0.25) is 0 Å². The van der Waals surface area contributed by atoms with E-state index in [0.29, 0.717) is 11.9 Å². The Bertz CT molecular complexity index is 453. The zero-order chi connectivity index (χ0) is 12.3. The van der Waals surface area contributed by atoms with Crippen LogP contribution in [0.4, 0.5) is 5.95 Å². The Morgan fingerprint density at radius 2 is 2.00 bits per heavy atom. The molecule has 3 nitrogen and oxygen atoms in total. The highest BCUT2D eigenvalue weighted by Gasteiger charge is 2.17. The third-order valence-electron chi connectivity index (χ3n) is 2.42. The molecule has 0 amide bonds. The minimum Gasteiger partial charge on any atom is -0.346 e. The van der Waals surface area contributed by atoms with Crippen LogP contribution in [0, 0.1) is 5.92 Å². The lowest BCUT2D eigenvalue weighted by atomic mass is 10.0. The van der Waals surface area contributed by atoms with Crippen molar-refractivity contribution in [3.05, 3.63) is 39.3 Å². The number of hydrogen-bond acceptors (Lipinski definition) is 4. The average molecular weight is 312 g/mol. The molecule has 1 N–H and O–H groups in total. The summed E-state index contributed by atoms with van der Waals surface area (Å²) in [6, 6.07) is 4.47. The van der Waals surface area contributed by atoms with Gasteiger partial charge in [-0.2, -0.15) is 0 Å². The van der Waals surface area contributed by atoms with Crippen LogP contribution >= 0.6 is 27.3 Å². The quantitative estimate of drug-likeness (QED) is 0.923. The van der Waals surface area contributed by atoms with Crippen molar-refractivity contribution in [2.45, 2.75) is 19.9 Å². The summed E-state index contributed by atoms with van der Waals surface area (Å²) in [6.45, 7) is 4.38. The van der Waals surface area contributed by atoms with E-state index in [1.165, 1.54) is 4.88 Å². The third kappa shape index (κ3) is 3.26. The molecule has 0 radical (unpaired) electrons. The monoisotopic (exact) mass is 311 g/mol. The van der Waals surface area contributed by atoms with Gasteiger partial charge in [0.05, 0.1) is 10.5 Å². The fourth-order valence-corrected chi connectivity index (χ4v) is 2.71. The summed E-state index contributed by atoms with van der Waals surface area (Å²) in [5.41, 5.74) is 0. The lowest BCUT2D eigenvalue weighted by molar-refractivity contribution is 0.550. The van der Waals surface area contributed by atoms with E-state index in [9.17, 15) is 0 Å². The van der Waals surface area contributed by atoms with Crippen LogP contribution in [0.1, 0.15) is 24.8 Å². The number of rotatable bonds is 4. The molecule has 17 heavy (non-hydrogen) atoms. The molecule has 90 valence electrons. The van der Waals surface area contributed by atoms with Gasteiger partial charge in [-0.1, -0.05) is 19.9 Å². The molecular weight excluding hydrogens is 298 g/mol. The number of nitrogens with zero attached hydrogens (tertiary/aromatic N) is 2. The number of thiophene rings is 1. The zero-order valence-electron chi connectivity index (χ0n) is 9.72. The summed E-state index contributed by atoms with van der Waals surface area (Å²) in [5.74, 6) is 1.15. The number of hydrogen-bond donors (Lipinski definition) is 1. The maximum atomic E-state index is 4.25. The molecule has 2 aromatic heterocycles. The Balaban J connectivity index is 2.16. The topological polar surface area (TPSA) is 37.8 Å². The van der Waals surface area contributed by atoms with Gasteiger partial charge in [-0.15, -0.1) is 11.3 Å². The van der Waals surface area contributed by atoms with E-state index in [4.69, 9.17) is 0 Å². The van der Waals surface area contributed by atoms with Crippen LogP contribution in [-0.4, -0.2) is 9.97 Å². The highest BCUT2D eigenvalue weighted by atomic mass is 79.9. The lowest BCUT2D eigenvalue weighted by Crippen LogP contribution is -2.17. The summed E-state index contributed by atoms with van der Waals surface area (Å²) < 4.78 is 0.889. The predicted octanol–water partition coefficient (Wildman–Crippen LogP) is 4.11. The molecule has 0 aromatic carbocycles. The maximum absolute atomic E-state index is 4.25. The zero-order valence-corrected chi connectivity index (χ0v) is 12.1. The highest BCUT2D eigenvalue weighted by Crippen LogP contribution is 2.28. The van der Waals surface area contributed by atoms with E-state index < -0.39 is 0 Å². The summed E-state index contributed by atoms with van der Waals surface area (Å²) in [6.07, 6.45) is 3.50. The molecule has 0 bridgehead atoms. The van der Waals surface area contributed by atoms with Gasteiger partial charge in [-0.05, 0) is 33.3 Å². The largest absolute Gasteiger partial charge is 0.346 e. The van der Waals surface area contributed by atoms with E-state index in [-0.39, 0.29) is 6.04 Å². The van der Waals surface area contributed by atoms with Crippen molar-refractivity contribution < 1.29 is 0 Å². The van der Waals surface area contributed by atoms with Gasteiger partial charge in [0.1, 0.15) is 0 Å². The van der Waals surface area contributed by atoms with Crippen molar-refractivity contribution in [1.29, 1.82) is 0 Å². The second-order valence-corrected chi connectivity index (χ2v) is 6.00. The van der Waals surface area contributed by atoms with Crippen LogP contribution < -0.4 is 5.32 Å². The molecular formula is C12H14BrN3S. The molecule has 1 atom stereocenters. The van der Waals surface area contributed by atoms with Crippen molar-refractivity contribution in [3.8, 4) is 0 Å². The van der Waals surface area contributed by atoms with Crippen molar-refractivity contribution in [2.75, 3.05) is 5.32 Å². The Morgan fingerprint density at radius 3 is 2.53 bits per heavy atom. The Kier molecular flexibility index (Phi) is 4.12. The van der Waals surface area contributed by atoms with E-state index in [2.05, 4.69) is 62.6 Å². The van der Waals surface area contributed by atoms with Gasteiger partial charge in [0, 0.05) is 17.3 Å². The third-order valence-corrected chi connectivity index (χ3v) is 3.79. The van der Waals surface area contributed by atoms with Crippen molar-refractivity contribution in [3.63, 3.8) is 0 Å². The second-order valence-electron chi connectivity index (χ2n) is 4.11. The smallest absolute Gasteiger partial charge is 0.223 e. The van der Waals surface area contributed by atoms with Gasteiger partial charge in [0.25, 0.3) is 0 Å².